The zero-order chi connectivity index (χ0) is 17.3. The fourth-order valence-electron chi connectivity index (χ4n) is 3.33. The predicted octanol–water partition coefficient (Wildman–Crippen LogP) is 4.13. The van der Waals surface area contributed by atoms with Crippen molar-refractivity contribution in [1.29, 1.82) is 0 Å². The summed E-state index contributed by atoms with van der Waals surface area (Å²) in [5.41, 5.74) is 1.82. The summed E-state index contributed by atoms with van der Waals surface area (Å²) in [4.78, 5) is 13.6. The maximum absolute atomic E-state index is 13.0. The van der Waals surface area contributed by atoms with Crippen LogP contribution in [0.1, 0.15) is 30.9 Å². The number of benzene rings is 1. The van der Waals surface area contributed by atoms with E-state index in [1.54, 1.807) is 4.90 Å². The van der Waals surface area contributed by atoms with Crippen molar-refractivity contribution in [2.24, 2.45) is 5.92 Å². The highest BCUT2D eigenvalue weighted by Crippen LogP contribution is 2.34. The summed E-state index contributed by atoms with van der Waals surface area (Å²) in [7, 11) is 0. The van der Waals surface area contributed by atoms with E-state index in [1.165, 1.54) is 6.07 Å². The second-order valence-electron chi connectivity index (χ2n) is 6.39. The molecule has 3 nitrogen and oxygen atoms in total. The fourth-order valence-corrected chi connectivity index (χ4v) is 3.33. The predicted molar refractivity (Wildman–Crippen MR) is 85.9 cm³/mol. The van der Waals surface area contributed by atoms with E-state index in [2.05, 4.69) is 0 Å². The van der Waals surface area contributed by atoms with Crippen molar-refractivity contribution in [3.05, 3.63) is 45.8 Å². The summed E-state index contributed by atoms with van der Waals surface area (Å²) in [5, 5.41) is 0.793. The first kappa shape index (κ1) is 17.0. The third-order valence-electron chi connectivity index (χ3n) is 4.67. The molecule has 1 aliphatic heterocycles. The van der Waals surface area contributed by atoms with Crippen molar-refractivity contribution in [3.63, 3.8) is 0 Å². The SMILES string of the molecule is CCc1ccc2c(CN3CCC[C@@H](C(F)(F)F)C3)cc(=O)oc2c1. The second-order valence-corrected chi connectivity index (χ2v) is 6.39. The average molecular weight is 339 g/mol. The zero-order valence-electron chi connectivity index (χ0n) is 13.5. The summed E-state index contributed by atoms with van der Waals surface area (Å²) in [5.74, 6) is -1.29. The van der Waals surface area contributed by atoms with Gasteiger partial charge in [0.05, 0.1) is 5.92 Å². The topological polar surface area (TPSA) is 33.5 Å². The molecule has 0 unspecified atom stereocenters. The van der Waals surface area contributed by atoms with Crippen LogP contribution in [0.15, 0.2) is 33.5 Å². The molecule has 130 valence electrons. The van der Waals surface area contributed by atoms with Gasteiger partial charge in [0.1, 0.15) is 5.58 Å². The first-order valence-electron chi connectivity index (χ1n) is 8.21. The summed E-state index contributed by atoms with van der Waals surface area (Å²) in [6.07, 6.45) is -2.64. The van der Waals surface area contributed by atoms with Gasteiger partial charge in [-0.15, -0.1) is 0 Å². The van der Waals surface area contributed by atoms with Crippen molar-refractivity contribution in [3.8, 4) is 0 Å². The molecular formula is C18H20F3NO2. The first-order chi connectivity index (χ1) is 11.4. The molecule has 1 saturated heterocycles. The van der Waals surface area contributed by atoms with Crippen LogP contribution >= 0.6 is 0 Å². The average Bonchev–Trinajstić information content (AvgIpc) is 2.53. The van der Waals surface area contributed by atoms with Crippen LogP contribution in [0.5, 0.6) is 0 Å². The number of hydrogen-bond acceptors (Lipinski definition) is 3. The van der Waals surface area contributed by atoms with Crippen LogP contribution in [0.4, 0.5) is 13.2 Å². The van der Waals surface area contributed by atoms with Gasteiger partial charge >= 0.3 is 11.8 Å². The molecular weight excluding hydrogens is 319 g/mol. The molecule has 1 aromatic carbocycles. The monoisotopic (exact) mass is 339 g/mol. The minimum Gasteiger partial charge on any atom is -0.423 e. The molecule has 0 spiro atoms. The van der Waals surface area contributed by atoms with Crippen molar-refractivity contribution in [2.45, 2.75) is 38.9 Å². The largest absolute Gasteiger partial charge is 0.423 e. The molecule has 24 heavy (non-hydrogen) atoms. The van der Waals surface area contributed by atoms with Crippen molar-refractivity contribution in [1.82, 2.24) is 4.90 Å². The van der Waals surface area contributed by atoms with Crippen LogP contribution in [0.3, 0.4) is 0 Å². The van der Waals surface area contributed by atoms with Crippen LogP contribution in [0, 0.1) is 5.92 Å². The molecule has 6 heteroatoms. The van der Waals surface area contributed by atoms with Crippen molar-refractivity contribution in [2.75, 3.05) is 13.1 Å². The number of alkyl halides is 3. The van der Waals surface area contributed by atoms with E-state index >= 15 is 0 Å². The van der Waals surface area contributed by atoms with Crippen LogP contribution in [-0.4, -0.2) is 24.2 Å². The Morgan fingerprint density at radius 1 is 1.29 bits per heavy atom. The third-order valence-corrected chi connectivity index (χ3v) is 4.67. The molecule has 1 aliphatic rings. The maximum atomic E-state index is 13.0. The van der Waals surface area contributed by atoms with Crippen LogP contribution in [0.25, 0.3) is 11.0 Å². The number of nitrogens with zero attached hydrogens (tertiary/aromatic N) is 1. The van der Waals surface area contributed by atoms with E-state index in [0.717, 1.165) is 22.9 Å². The lowest BCUT2D eigenvalue weighted by atomic mass is 9.96. The molecule has 1 fully saturated rings. The Balaban J connectivity index is 1.88. The highest BCUT2D eigenvalue weighted by atomic mass is 19.4. The minimum atomic E-state index is -4.16. The molecule has 0 amide bonds. The Morgan fingerprint density at radius 3 is 2.79 bits per heavy atom. The van der Waals surface area contributed by atoms with Gasteiger partial charge in [0.25, 0.3) is 0 Å². The lowest BCUT2D eigenvalue weighted by molar-refractivity contribution is -0.187. The van der Waals surface area contributed by atoms with Gasteiger partial charge in [-0.25, -0.2) is 4.79 Å². The molecule has 1 atom stereocenters. The molecule has 2 aromatic rings. The molecule has 0 radical (unpaired) electrons. The van der Waals surface area contributed by atoms with E-state index in [0.29, 0.717) is 25.1 Å². The number of rotatable bonds is 3. The van der Waals surface area contributed by atoms with Gasteiger partial charge in [-0.1, -0.05) is 19.1 Å². The van der Waals surface area contributed by atoms with E-state index in [4.69, 9.17) is 4.42 Å². The van der Waals surface area contributed by atoms with Gasteiger partial charge in [0.15, 0.2) is 0 Å². The fraction of sp³-hybridized carbons (Fsp3) is 0.500. The smallest absolute Gasteiger partial charge is 0.393 e. The summed E-state index contributed by atoms with van der Waals surface area (Å²) < 4.78 is 44.1. The van der Waals surface area contributed by atoms with Gasteiger partial charge in [0.2, 0.25) is 0 Å². The van der Waals surface area contributed by atoms with Gasteiger partial charge in [-0.3, -0.25) is 4.90 Å². The van der Waals surface area contributed by atoms with Gasteiger partial charge < -0.3 is 4.42 Å². The summed E-state index contributed by atoms with van der Waals surface area (Å²) >= 11 is 0. The summed E-state index contributed by atoms with van der Waals surface area (Å²) in [6.45, 7) is 2.94. The normalized spacial score (nSPS) is 19.8. The van der Waals surface area contributed by atoms with E-state index in [-0.39, 0.29) is 13.0 Å². The lowest BCUT2D eigenvalue weighted by Crippen LogP contribution is -2.41. The van der Waals surface area contributed by atoms with E-state index in [1.807, 2.05) is 25.1 Å². The number of piperidine rings is 1. The Bertz CT molecular complexity index is 782. The number of fused-ring (bicyclic) bond motifs is 1. The highest BCUT2D eigenvalue weighted by molar-refractivity contribution is 5.80. The van der Waals surface area contributed by atoms with Crippen LogP contribution in [-0.2, 0) is 13.0 Å². The number of hydrogen-bond donors (Lipinski definition) is 0. The zero-order valence-corrected chi connectivity index (χ0v) is 13.5. The maximum Gasteiger partial charge on any atom is 0.393 e. The molecule has 0 bridgehead atoms. The highest BCUT2D eigenvalue weighted by Gasteiger charge is 2.41. The van der Waals surface area contributed by atoms with Gasteiger partial charge in [-0.05, 0) is 43.0 Å². The first-order valence-corrected chi connectivity index (χ1v) is 8.21. The minimum absolute atomic E-state index is 0.0156. The van der Waals surface area contributed by atoms with Crippen molar-refractivity contribution >= 4 is 11.0 Å². The molecule has 0 N–H and O–H groups in total. The Morgan fingerprint density at radius 2 is 2.08 bits per heavy atom. The van der Waals surface area contributed by atoms with E-state index < -0.39 is 17.7 Å². The van der Waals surface area contributed by atoms with Gasteiger partial charge in [0, 0.05) is 24.5 Å². The van der Waals surface area contributed by atoms with Crippen molar-refractivity contribution < 1.29 is 17.6 Å². The number of aryl methyl sites for hydroxylation is 1. The Hall–Kier alpha value is -1.82. The van der Waals surface area contributed by atoms with E-state index in [9.17, 15) is 18.0 Å². The lowest BCUT2D eigenvalue weighted by Gasteiger charge is -2.33. The third kappa shape index (κ3) is 3.64. The standard InChI is InChI=1S/C18H20F3NO2/c1-2-12-5-6-15-13(9-17(23)24-16(15)8-12)10-22-7-3-4-14(11-22)18(19,20)21/h5-6,8-9,14H,2-4,7,10-11H2,1H3/t14-/m1/s1. The Kier molecular flexibility index (Phi) is 4.67. The second kappa shape index (κ2) is 6.59. The quantitative estimate of drug-likeness (QED) is 0.789. The van der Waals surface area contributed by atoms with Gasteiger partial charge in [-0.2, -0.15) is 13.2 Å². The molecule has 0 saturated carbocycles. The van der Waals surface area contributed by atoms with Crippen LogP contribution in [0.2, 0.25) is 0 Å². The Labute approximate surface area is 138 Å². The molecule has 3 rings (SSSR count). The van der Waals surface area contributed by atoms with Crippen LogP contribution < -0.4 is 5.63 Å². The number of halogens is 3. The summed E-state index contributed by atoms with van der Waals surface area (Å²) in [6, 6.07) is 7.07. The molecule has 2 heterocycles. The molecule has 1 aromatic heterocycles. The molecule has 0 aliphatic carbocycles. The number of likely N-dealkylation sites (tertiary alicyclic amines) is 1.